The number of nitro benzene ring substituents is 1. The average Bonchev–Trinajstić information content (AvgIpc) is 2.97. The number of benzene rings is 1. The van der Waals surface area contributed by atoms with Crippen LogP contribution in [-0.2, 0) is 15.7 Å². The van der Waals surface area contributed by atoms with Crippen LogP contribution in [-0.4, -0.2) is 23.5 Å². The second-order valence-corrected chi connectivity index (χ2v) is 4.60. The number of anilines is 1. The van der Waals surface area contributed by atoms with Gasteiger partial charge < -0.3 is 4.74 Å². The molecule has 1 saturated heterocycles. The number of alkyl halides is 3. The number of nitrogens with zero attached hydrogens (tertiary/aromatic N) is 1. The normalized spacial score (nSPS) is 18.0. The molecular formula is C12H12F3N3O4. The lowest BCUT2D eigenvalue weighted by atomic mass is 10.1. The van der Waals surface area contributed by atoms with Crippen LogP contribution in [0.15, 0.2) is 18.2 Å². The maximum Gasteiger partial charge on any atom is 0.416 e. The summed E-state index contributed by atoms with van der Waals surface area (Å²) in [7, 11) is 0. The van der Waals surface area contributed by atoms with E-state index in [1.807, 2.05) is 0 Å². The zero-order valence-corrected chi connectivity index (χ0v) is 11.1. The Morgan fingerprint density at radius 2 is 2.14 bits per heavy atom. The Morgan fingerprint density at radius 1 is 1.41 bits per heavy atom. The van der Waals surface area contributed by atoms with Crippen molar-refractivity contribution in [3.63, 3.8) is 0 Å². The lowest BCUT2D eigenvalue weighted by Crippen LogP contribution is -2.38. The summed E-state index contributed by atoms with van der Waals surface area (Å²) < 4.78 is 42.8. The van der Waals surface area contributed by atoms with Crippen LogP contribution in [0.3, 0.4) is 0 Å². The smallest absolute Gasteiger partial charge is 0.368 e. The lowest BCUT2D eigenvalue weighted by molar-refractivity contribution is -0.384. The van der Waals surface area contributed by atoms with Gasteiger partial charge in [-0.2, -0.15) is 13.2 Å². The van der Waals surface area contributed by atoms with Crippen molar-refractivity contribution in [2.24, 2.45) is 0 Å². The van der Waals surface area contributed by atoms with Gasteiger partial charge in [0.1, 0.15) is 11.8 Å². The number of hydrazine groups is 1. The molecule has 1 aliphatic heterocycles. The molecule has 1 aromatic carbocycles. The van der Waals surface area contributed by atoms with Crippen molar-refractivity contribution < 1.29 is 27.6 Å². The molecule has 1 aliphatic rings. The first-order chi connectivity index (χ1) is 10.3. The second-order valence-electron chi connectivity index (χ2n) is 4.60. The van der Waals surface area contributed by atoms with Crippen LogP contribution in [0.1, 0.15) is 18.4 Å². The van der Waals surface area contributed by atoms with E-state index < -0.39 is 34.4 Å². The molecule has 2 rings (SSSR count). The summed E-state index contributed by atoms with van der Waals surface area (Å²) in [5.41, 5.74) is 2.28. The molecule has 0 aliphatic carbocycles. The number of nitro groups is 1. The lowest BCUT2D eigenvalue weighted by Gasteiger charge is -2.13. The highest BCUT2D eigenvalue weighted by atomic mass is 19.4. The Balaban J connectivity index is 2.13. The Morgan fingerprint density at radius 3 is 2.68 bits per heavy atom. The predicted octanol–water partition coefficient (Wildman–Crippen LogP) is 2.24. The summed E-state index contributed by atoms with van der Waals surface area (Å²) in [5.74, 6) is -0.535. The van der Waals surface area contributed by atoms with Crippen LogP contribution < -0.4 is 10.9 Å². The van der Waals surface area contributed by atoms with E-state index in [9.17, 15) is 28.1 Å². The van der Waals surface area contributed by atoms with E-state index in [0.29, 0.717) is 25.2 Å². The highest BCUT2D eigenvalue weighted by molar-refractivity contribution is 5.82. The first-order valence-electron chi connectivity index (χ1n) is 6.32. The van der Waals surface area contributed by atoms with E-state index in [1.165, 1.54) is 0 Å². The molecule has 10 heteroatoms. The van der Waals surface area contributed by atoms with Crippen molar-refractivity contribution in [3.05, 3.63) is 33.9 Å². The zero-order chi connectivity index (χ0) is 16.3. The van der Waals surface area contributed by atoms with Crippen molar-refractivity contribution in [1.29, 1.82) is 0 Å². The van der Waals surface area contributed by atoms with Crippen molar-refractivity contribution >= 4 is 17.3 Å². The summed E-state index contributed by atoms with van der Waals surface area (Å²) in [5, 5.41) is 10.9. The molecule has 22 heavy (non-hydrogen) atoms. The summed E-state index contributed by atoms with van der Waals surface area (Å²) >= 11 is 0. The highest BCUT2D eigenvalue weighted by Crippen LogP contribution is 2.34. The molecule has 1 heterocycles. The fourth-order valence-electron chi connectivity index (χ4n) is 1.96. The fraction of sp³-hybridized carbons (Fsp3) is 0.417. The molecule has 7 nitrogen and oxygen atoms in total. The van der Waals surface area contributed by atoms with Gasteiger partial charge in [0.2, 0.25) is 0 Å². The number of carbonyl (C=O) groups excluding carboxylic acids is 1. The van der Waals surface area contributed by atoms with Crippen molar-refractivity contribution in [2.45, 2.75) is 25.1 Å². The van der Waals surface area contributed by atoms with E-state index >= 15 is 0 Å². The third kappa shape index (κ3) is 3.64. The molecule has 0 unspecified atom stereocenters. The molecule has 0 bridgehead atoms. The van der Waals surface area contributed by atoms with E-state index in [1.54, 1.807) is 0 Å². The van der Waals surface area contributed by atoms with Gasteiger partial charge in [-0.1, -0.05) is 0 Å². The van der Waals surface area contributed by atoms with Gasteiger partial charge in [-0.05, 0) is 25.0 Å². The summed E-state index contributed by atoms with van der Waals surface area (Å²) in [6, 6.07) is 1.98. The Bertz CT molecular complexity index is 585. The summed E-state index contributed by atoms with van der Waals surface area (Å²) in [6.45, 7) is 0.443. The van der Waals surface area contributed by atoms with Gasteiger partial charge in [-0.15, -0.1) is 0 Å². The van der Waals surface area contributed by atoms with Crippen molar-refractivity contribution in [3.8, 4) is 0 Å². The maximum absolute atomic E-state index is 12.6. The third-order valence-corrected chi connectivity index (χ3v) is 3.06. The number of ether oxygens (including phenoxy) is 1. The number of halogens is 3. The number of amides is 1. The molecule has 1 atom stereocenters. The van der Waals surface area contributed by atoms with Gasteiger partial charge >= 0.3 is 6.18 Å². The Kier molecular flexibility index (Phi) is 4.50. The molecule has 1 fully saturated rings. The van der Waals surface area contributed by atoms with Gasteiger partial charge in [0.25, 0.3) is 11.6 Å². The molecule has 120 valence electrons. The summed E-state index contributed by atoms with van der Waals surface area (Å²) in [6.07, 6.45) is -4.12. The maximum atomic E-state index is 12.6. The van der Waals surface area contributed by atoms with Crippen LogP contribution in [0.2, 0.25) is 0 Å². The first-order valence-corrected chi connectivity index (χ1v) is 6.32. The zero-order valence-electron chi connectivity index (χ0n) is 11.1. The van der Waals surface area contributed by atoms with Gasteiger partial charge in [0, 0.05) is 12.7 Å². The number of hydrogen-bond acceptors (Lipinski definition) is 5. The van der Waals surface area contributed by atoms with Crippen LogP contribution in [0.5, 0.6) is 0 Å². The average molecular weight is 319 g/mol. The minimum atomic E-state index is -4.69. The molecule has 0 radical (unpaired) electrons. The quantitative estimate of drug-likeness (QED) is 0.656. The van der Waals surface area contributed by atoms with Gasteiger partial charge in [0.05, 0.1) is 10.5 Å². The predicted molar refractivity (Wildman–Crippen MR) is 68.8 cm³/mol. The second kappa shape index (κ2) is 6.18. The topological polar surface area (TPSA) is 93.5 Å². The van der Waals surface area contributed by atoms with Gasteiger partial charge in [-0.25, -0.2) is 0 Å². The number of nitrogens with one attached hydrogen (secondary N) is 2. The molecule has 0 aromatic heterocycles. The Hall–Kier alpha value is -2.36. The minimum absolute atomic E-state index is 0.246. The fourth-order valence-corrected chi connectivity index (χ4v) is 1.96. The van der Waals surface area contributed by atoms with Crippen LogP contribution in [0.4, 0.5) is 24.5 Å². The first kappa shape index (κ1) is 16.0. The number of hydrogen-bond donors (Lipinski definition) is 2. The standard InChI is InChI=1S/C12H12F3N3O4/c13-12(14,15)7-3-4-8(9(6-7)18(20)21)16-17-11(19)10-2-1-5-22-10/h3-4,6,10,16H,1-2,5H2,(H,17,19)/t10-/m1/s1. The van der Waals surface area contributed by atoms with E-state index in [2.05, 4.69) is 10.9 Å². The molecule has 2 N–H and O–H groups in total. The molecule has 0 spiro atoms. The molecule has 1 aromatic rings. The monoisotopic (exact) mass is 319 g/mol. The van der Waals surface area contributed by atoms with E-state index in [0.717, 1.165) is 12.5 Å². The van der Waals surface area contributed by atoms with Crippen molar-refractivity contribution in [1.82, 2.24) is 5.43 Å². The van der Waals surface area contributed by atoms with E-state index in [-0.39, 0.29) is 5.69 Å². The SMILES string of the molecule is O=C(NNc1ccc(C(F)(F)F)cc1[N+](=O)[O-])[C@H]1CCCO1. The molecule has 1 amide bonds. The molecular weight excluding hydrogens is 307 g/mol. The Labute approximate surface area is 122 Å². The van der Waals surface area contributed by atoms with Gasteiger partial charge in [0.15, 0.2) is 0 Å². The number of rotatable bonds is 4. The third-order valence-electron chi connectivity index (χ3n) is 3.06. The number of carbonyl (C=O) groups is 1. The van der Waals surface area contributed by atoms with E-state index in [4.69, 9.17) is 4.74 Å². The molecule has 0 saturated carbocycles. The minimum Gasteiger partial charge on any atom is -0.368 e. The van der Waals surface area contributed by atoms with Crippen LogP contribution >= 0.6 is 0 Å². The highest BCUT2D eigenvalue weighted by Gasteiger charge is 2.33. The summed E-state index contributed by atoms with van der Waals surface area (Å²) in [4.78, 5) is 21.6. The van der Waals surface area contributed by atoms with Crippen LogP contribution in [0.25, 0.3) is 0 Å². The largest absolute Gasteiger partial charge is 0.416 e. The van der Waals surface area contributed by atoms with Gasteiger partial charge in [-0.3, -0.25) is 25.8 Å². The van der Waals surface area contributed by atoms with Crippen molar-refractivity contribution in [2.75, 3.05) is 12.0 Å². The van der Waals surface area contributed by atoms with Crippen LogP contribution in [0, 0.1) is 10.1 Å².